The summed E-state index contributed by atoms with van der Waals surface area (Å²) in [6, 6.07) is 0.308. The van der Waals surface area contributed by atoms with Crippen LogP contribution in [0.15, 0.2) is 6.33 Å². The number of hydrogen-bond acceptors (Lipinski definition) is 4. The Labute approximate surface area is 130 Å². The molecule has 0 aliphatic carbocycles. The fourth-order valence-electron chi connectivity index (χ4n) is 2.59. The zero-order valence-corrected chi connectivity index (χ0v) is 13.9. The monoisotopic (exact) mass is 310 g/mol. The van der Waals surface area contributed by atoms with Gasteiger partial charge in [-0.15, -0.1) is 11.6 Å². The first kappa shape index (κ1) is 16.0. The summed E-state index contributed by atoms with van der Waals surface area (Å²) in [6.07, 6.45) is 5.01. The van der Waals surface area contributed by atoms with E-state index in [1.807, 2.05) is 0 Å². The Hall–Kier alpha value is -1.36. The number of aromatic nitrogens is 4. The van der Waals surface area contributed by atoms with E-state index in [0.717, 1.165) is 23.8 Å². The number of fused-ring (bicyclic) bond motifs is 1. The number of nitrogens with zero attached hydrogens (tertiary/aromatic N) is 4. The molecule has 0 saturated carbocycles. The largest absolute Gasteiger partial charge is 0.479 e. The maximum absolute atomic E-state index is 6.06. The summed E-state index contributed by atoms with van der Waals surface area (Å²) < 4.78 is 7.38. The SMILES string of the molecule is COc1ncnc2c1nc(CCl)n2C(C)CCCC(C)C. The predicted molar refractivity (Wildman–Crippen MR) is 84.8 cm³/mol. The molecule has 0 aliphatic heterocycles. The van der Waals surface area contributed by atoms with Crippen molar-refractivity contribution in [3.8, 4) is 5.88 Å². The van der Waals surface area contributed by atoms with Gasteiger partial charge in [-0.25, -0.2) is 9.97 Å². The van der Waals surface area contributed by atoms with E-state index in [4.69, 9.17) is 16.3 Å². The summed E-state index contributed by atoms with van der Waals surface area (Å²) in [7, 11) is 1.59. The highest BCUT2D eigenvalue weighted by atomic mass is 35.5. The van der Waals surface area contributed by atoms with Crippen molar-refractivity contribution in [2.75, 3.05) is 7.11 Å². The minimum atomic E-state index is 0.308. The van der Waals surface area contributed by atoms with Gasteiger partial charge in [0.25, 0.3) is 0 Å². The smallest absolute Gasteiger partial charge is 0.245 e. The maximum Gasteiger partial charge on any atom is 0.245 e. The minimum absolute atomic E-state index is 0.308. The van der Waals surface area contributed by atoms with Crippen LogP contribution in [0, 0.1) is 5.92 Å². The van der Waals surface area contributed by atoms with E-state index in [9.17, 15) is 0 Å². The molecule has 0 fully saturated rings. The van der Waals surface area contributed by atoms with Gasteiger partial charge in [-0.1, -0.05) is 26.7 Å². The molecule has 5 nitrogen and oxygen atoms in total. The summed E-state index contributed by atoms with van der Waals surface area (Å²) in [5.41, 5.74) is 1.49. The normalized spacial score (nSPS) is 13.0. The zero-order chi connectivity index (χ0) is 15.4. The van der Waals surface area contributed by atoms with Gasteiger partial charge in [0.1, 0.15) is 12.2 Å². The Kier molecular flexibility index (Phi) is 5.39. The van der Waals surface area contributed by atoms with Gasteiger partial charge in [-0.3, -0.25) is 0 Å². The lowest BCUT2D eigenvalue weighted by Crippen LogP contribution is -2.09. The standard InChI is InChI=1S/C15H23ClN4O/c1-10(2)6-5-7-11(3)20-12(8-16)19-13-14(20)17-9-18-15(13)21-4/h9-11H,5-8H2,1-4H3. The number of alkyl halides is 1. The highest BCUT2D eigenvalue weighted by molar-refractivity contribution is 6.16. The fourth-order valence-corrected chi connectivity index (χ4v) is 2.78. The van der Waals surface area contributed by atoms with Gasteiger partial charge in [0.05, 0.1) is 13.0 Å². The number of methoxy groups -OCH3 is 1. The van der Waals surface area contributed by atoms with Crippen LogP contribution >= 0.6 is 11.6 Å². The van der Waals surface area contributed by atoms with Crippen LogP contribution < -0.4 is 4.74 Å². The average molecular weight is 311 g/mol. The second-order valence-electron chi connectivity index (χ2n) is 5.76. The molecule has 21 heavy (non-hydrogen) atoms. The summed E-state index contributed by atoms with van der Waals surface area (Å²) in [5, 5.41) is 0. The highest BCUT2D eigenvalue weighted by Gasteiger charge is 2.19. The van der Waals surface area contributed by atoms with Crippen LogP contribution in [-0.2, 0) is 5.88 Å². The molecule has 2 heterocycles. The summed E-state index contributed by atoms with van der Waals surface area (Å²) in [6.45, 7) is 6.69. The van der Waals surface area contributed by atoms with E-state index in [1.54, 1.807) is 7.11 Å². The molecule has 0 aliphatic rings. The third-order valence-corrected chi connectivity index (χ3v) is 3.91. The third kappa shape index (κ3) is 3.46. The first-order chi connectivity index (χ1) is 10.1. The topological polar surface area (TPSA) is 52.8 Å². The van der Waals surface area contributed by atoms with Crippen molar-refractivity contribution in [1.82, 2.24) is 19.5 Å². The number of halogens is 1. The van der Waals surface area contributed by atoms with E-state index in [-0.39, 0.29) is 0 Å². The minimum Gasteiger partial charge on any atom is -0.479 e. The van der Waals surface area contributed by atoms with Crippen LogP contribution in [0.4, 0.5) is 0 Å². The van der Waals surface area contributed by atoms with Gasteiger partial charge in [0.2, 0.25) is 5.88 Å². The molecule has 6 heteroatoms. The Morgan fingerprint density at radius 1 is 1.24 bits per heavy atom. The molecule has 0 bridgehead atoms. The van der Waals surface area contributed by atoms with Crippen LogP contribution in [0.5, 0.6) is 5.88 Å². The van der Waals surface area contributed by atoms with E-state index >= 15 is 0 Å². The van der Waals surface area contributed by atoms with Gasteiger partial charge in [0, 0.05) is 6.04 Å². The molecule has 2 aromatic rings. The first-order valence-corrected chi connectivity index (χ1v) is 7.93. The Morgan fingerprint density at radius 3 is 2.62 bits per heavy atom. The third-order valence-electron chi connectivity index (χ3n) is 3.67. The fraction of sp³-hybridized carbons (Fsp3) is 0.667. The number of ether oxygens (including phenoxy) is 1. The van der Waals surface area contributed by atoms with Crippen molar-refractivity contribution >= 4 is 22.8 Å². The molecule has 1 unspecified atom stereocenters. The van der Waals surface area contributed by atoms with Gasteiger partial charge in [-0.05, 0) is 19.3 Å². The molecule has 2 rings (SSSR count). The van der Waals surface area contributed by atoms with E-state index < -0.39 is 0 Å². The first-order valence-electron chi connectivity index (χ1n) is 7.40. The van der Waals surface area contributed by atoms with Crippen LogP contribution in [0.2, 0.25) is 0 Å². The maximum atomic E-state index is 6.06. The van der Waals surface area contributed by atoms with Crippen LogP contribution in [0.3, 0.4) is 0 Å². The summed E-state index contributed by atoms with van der Waals surface area (Å²) in [5.74, 6) is 2.40. The van der Waals surface area contributed by atoms with Crippen molar-refractivity contribution in [2.24, 2.45) is 5.92 Å². The molecule has 0 aromatic carbocycles. The molecule has 0 saturated heterocycles. The van der Waals surface area contributed by atoms with Crippen LogP contribution in [0.1, 0.15) is 51.9 Å². The van der Waals surface area contributed by atoms with Crippen molar-refractivity contribution in [2.45, 2.75) is 52.0 Å². The molecule has 0 amide bonds. The molecule has 116 valence electrons. The van der Waals surface area contributed by atoms with E-state index in [0.29, 0.717) is 23.3 Å². The van der Waals surface area contributed by atoms with Gasteiger partial charge >= 0.3 is 0 Å². The Balaban J connectivity index is 2.33. The number of hydrogen-bond donors (Lipinski definition) is 0. The summed E-state index contributed by atoms with van der Waals surface area (Å²) >= 11 is 6.06. The average Bonchev–Trinajstić information content (AvgIpc) is 2.85. The second-order valence-corrected chi connectivity index (χ2v) is 6.03. The van der Waals surface area contributed by atoms with Gasteiger partial charge in [-0.2, -0.15) is 4.98 Å². The molecule has 1 atom stereocenters. The Morgan fingerprint density at radius 2 is 2.00 bits per heavy atom. The van der Waals surface area contributed by atoms with Crippen molar-refractivity contribution in [3.63, 3.8) is 0 Å². The van der Waals surface area contributed by atoms with E-state index in [2.05, 4.69) is 40.3 Å². The van der Waals surface area contributed by atoms with Crippen molar-refractivity contribution in [3.05, 3.63) is 12.2 Å². The van der Waals surface area contributed by atoms with Crippen molar-refractivity contribution < 1.29 is 4.74 Å². The van der Waals surface area contributed by atoms with E-state index in [1.165, 1.54) is 19.2 Å². The lowest BCUT2D eigenvalue weighted by atomic mass is 10.0. The van der Waals surface area contributed by atoms with Crippen molar-refractivity contribution in [1.29, 1.82) is 0 Å². The van der Waals surface area contributed by atoms with Crippen LogP contribution in [-0.4, -0.2) is 26.6 Å². The number of rotatable bonds is 7. The predicted octanol–water partition coefficient (Wildman–Crippen LogP) is 3.96. The molecule has 0 radical (unpaired) electrons. The molecular weight excluding hydrogens is 288 g/mol. The molecule has 0 N–H and O–H groups in total. The zero-order valence-electron chi connectivity index (χ0n) is 13.1. The quantitative estimate of drug-likeness (QED) is 0.726. The molecule has 2 aromatic heterocycles. The highest BCUT2D eigenvalue weighted by Crippen LogP contribution is 2.28. The lowest BCUT2D eigenvalue weighted by Gasteiger charge is -2.16. The van der Waals surface area contributed by atoms with Crippen LogP contribution in [0.25, 0.3) is 11.2 Å². The summed E-state index contributed by atoms with van der Waals surface area (Å²) in [4.78, 5) is 13.0. The molecule has 0 spiro atoms. The second kappa shape index (κ2) is 7.07. The van der Waals surface area contributed by atoms with Gasteiger partial charge < -0.3 is 9.30 Å². The Bertz CT molecular complexity index is 597. The lowest BCUT2D eigenvalue weighted by molar-refractivity contribution is 0.401. The van der Waals surface area contributed by atoms with Gasteiger partial charge in [0.15, 0.2) is 11.2 Å². The number of imidazole rings is 1. The molecular formula is C15H23ClN4O.